The molecule has 0 spiro atoms. The Labute approximate surface area is 114 Å². The number of nitrogens with one attached hydrogen (secondary N) is 1. The number of rotatable bonds is 6. The molecule has 4 nitrogen and oxygen atoms in total. The number of hydrogen-bond donors (Lipinski definition) is 1. The van der Waals surface area contributed by atoms with E-state index in [4.69, 9.17) is 4.74 Å². The first kappa shape index (κ1) is 14.0. The van der Waals surface area contributed by atoms with Gasteiger partial charge in [0.15, 0.2) is 0 Å². The molecule has 0 fully saturated rings. The van der Waals surface area contributed by atoms with Gasteiger partial charge in [0, 0.05) is 26.7 Å². The van der Waals surface area contributed by atoms with Crippen LogP contribution in [0.15, 0.2) is 24.3 Å². The largest absolute Gasteiger partial charge is 0.383 e. The van der Waals surface area contributed by atoms with E-state index in [0.29, 0.717) is 25.7 Å². The number of benzene rings is 1. The van der Waals surface area contributed by atoms with Gasteiger partial charge in [-0.05, 0) is 24.0 Å². The van der Waals surface area contributed by atoms with E-state index in [-0.39, 0.29) is 5.91 Å². The summed E-state index contributed by atoms with van der Waals surface area (Å²) < 4.78 is 4.94. The third-order valence-corrected chi connectivity index (χ3v) is 3.73. The Kier molecular flexibility index (Phi) is 4.93. The fraction of sp³-hybridized carbons (Fsp3) is 0.533. The predicted octanol–water partition coefficient (Wildman–Crippen LogP) is 0.848. The molecule has 1 aromatic rings. The Hall–Kier alpha value is -1.39. The van der Waals surface area contributed by atoms with Crippen LogP contribution in [0.5, 0.6) is 0 Å². The minimum absolute atomic E-state index is 0.147. The zero-order valence-corrected chi connectivity index (χ0v) is 11.7. The van der Waals surface area contributed by atoms with Crippen LogP contribution in [0.2, 0.25) is 0 Å². The van der Waals surface area contributed by atoms with Gasteiger partial charge in [0.25, 0.3) is 0 Å². The summed E-state index contributed by atoms with van der Waals surface area (Å²) in [5.41, 5.74) is 2.75. The molecule has 4 heteroatoms. The number of carbonyl (C=O) groups excluding carboxylic acids is 1. The van der Waals surface area contributed by atoms with Crippen molar-refractivity contribution >= 4 is 5.91 Å². The van der Waals surface area contributed by atoms with Gasteiger partial charge in [0.1, 0.15) is 0 Å². The lowest BCUT2D eigenvalue weighted by molar-refractivity contribution is -0.130. The van der Waals surface area contributed by atoms with Crippen LogP contribution in [0.3, 0.4) is 0 Å². The van der Waals surface area contributed by atoms with Gasteiger partial charge in [-0.1, -0.05) is 24.3 Å². The zero-order chi connectivity index (χ0) is 13.7. The summed E-state index contributed by atoms with van der Waals surface area (Å²) in [4.78, 5) is 13.9. The lowest BCUT2D eigenvalue weighted by atomic mass is 10.1. The van der Waals surface area contributed by atoms with Gasteiger partial charge >= 0.3 is 0 Å². The van der Waals surface area contributed by atoms with Gasteiger partial charge in [0.05, 0.1) is 13.2 Å². The highest BCUT2D eigenvalue weighted by molar-refractivity contribution is 5.78. The molecule has 0 radical (unpaired) electrons. The van der Waals surface area contributed by atoms with E-state index in [9.17, 15) is 4.79 Å². The molecule has 19 heavy (non-hydrogen) atoms. The molecule has 104 valence electrons. The van der Waals surface area contributed by atoms with Crippen molar-refractivity contribution in [1.29, 1.82) is 0 Å². The zero-order valence-electron chi connectivity index (χ0n) is 11.7. The molecule has 0 saturated carbocycles. The second-order valence-electron chi connectivity index (χ2n) is 5.01. The molecule has 0 heterocycles. The van der Waals surface area contributed by atoms with E-state index in [1.165, 1.54) is 11.1 Å². The van der Waals surface area contributed by atoms with Crippen LogP contribution in [0.25, 0.3) is 0 Å². The monoisotopic (exact) mass is 262 g/mol. The molecular formula is C15H22N2O2. The van der Waals surface area contributed by atoms with Crippen LogP contribution >= 0.6 is 0 Å². The van der Waals surface area contributed by atoms with Crippen LogP contribution in [-0.2, 0) is 22.4 Å². The Morgan fingerprint density at radius 1 is 1.37 bits per heavy atom. The quantitative estimate of drug-likeness (QED) is 0.773. The molecule has 0 aliphatic heterocycles. The van der Waals surface area contributed by atoms with Crippen molar-refractivity contribution < 1.29 is 9.53 Å². The Morgan fingerprint density at radius 2 is 2.00 bits per heavy atom. The average molecular weight is 262 g/mol. The normalized spacial score (nSPS) is 14.4. The minimum atomic E-state index is 0.147. The van der Waals surface area contributed by atoms with E-state index >= 15 is 0 Å². The van der Waals surface area contributed by atoms with E-state index in [1.54, 1.807) is 7.11 Å². The molecule has 1 aliphatic carbocycles. The summed E-state index contributed by atoms with van der Waals surface area (Å²) in [6.45, 7) is 1.72. The lowest BCUT2D eigenvalue weighted by Gasteiger charge is -2.24. The van der Waals surface area contributed by atoms with Gasteiger partial charge in [-0.15, -0.1) is 0 Å². The minimum Gasteiger partial charge on any atom is -0.383 e. The second kappa shape index (κ2) is 6.68. The highest BCUT2D eigenvalue weighted by atomic mass is 16.5. The molecule has 0 saturated heterocycles. The van der Waals surface area contributed by atoms with Crippen molar-refractivity contribution in [2.45, 2.75) is 18.9 Å². The lowest BCUT2D eigenvalue weighted by Crippen LogP contribution is -2.43. The average Bonchev–Trinajstić information content (AvgIpc) is 2.86. The maximum Gasteiger partial charge on any atom is 0.236 e. The molecule has 1 N–H and O–H groups in total. The highest BCUT2D eigenvalue weighted by Crippen LogP contribution is 2.24. The fourth-order valence-corrected chi connectivity index (χ4v) is 2.51. The van der Waals surface area contributed by atoms with E-state index in [0.717, 1.165) is 12.8 Å². The van der Waals surface area contributed by atoms with Crippen molar-refractivity contribution in [2.24, 2.45) is 0 Å². The third-order valence-electron chi connectivity index (χ3n) is 3.73. The molecule has 1 aliphatic rings. The number of carbonyl (C=O) groups is 1. The van der Waals surface area contributed by atoms with Crippen LogP contribution in [0.4, 0.5) is 0 Å². The number of amides is 1. The summed E-state index contributed by atoms with van der Waals surface area (Å²) in [6, 6.07) is 8.74. The molecule has 0 aromatic heterocycles. The van der Waals surface area contributed by atoms with Crippen LogP contribution < -0.4 is 5.32 Å². The van der Waals surface area contributed by atoms with Crippen LogP contribution in [0.1, 0.15) is 11.1 Å². The Balaban J connectivity index is 1.81. The van der Waals surface area contributed by atoms with Gasteiger partial charge < -0.3 is 15.0 Å². The first-order chi connectivity index (χ1) is 9.22. The summed E-state index contributed by atoms with van der Waals surface area (Å²) in [6.07, 6.45) is 1.94. The van der Waals surface area contributed by atoms with Crippen molar-refractivity contribution in [3.63, 3.8) is 0 Å². The first-order valence-corrected chi connectivity index (χ1v) is 6.74. The van der Waals surface area contributed by atoms with Gasteiger partial charge in [-0.2, -0.15) is 0 Å². The third kappa shape index (κ3) is 3.55. The van der Waals surface area contributed by atoms with E-state index < -0.39 is 0 Å². The molecule has 1 amide bonds. The molecule has 1 aromatic carbocycles. The number of methoxy groups -OCH3 is 1. The molecular weight excluding hydrogens is 240 g/mol. The van der Waals surface area contributed by atoms with Crippen molar-refractivity contribution in [2.75, 3.05) is 33.9 Å². The highest BCUT2D eigenvalue weighted by Gasteiger charge is 2.26. The molecule has 2 rings (SSSR count). The maximum atomic E-state index is 12.1. The standard InChI is InChI=1S/C15H22N2O2/c1-17(15(18)11-16-7-8-19-2)14-9-12-5-3-4-6-13(12)10-14/h3-6,14,16H,7-11H2,1-2H3. The number of hydrogen-bond acceptors (Lipinski definition) is 3. The maximum absolute atomic E-state index is 12.1. The van der Waals surface area contributed by atoms with Crippen molar-refractivity contribution in [3.05, 3.63) is 35.4 Å². The Morgan fingerprint density at radius 3 is 2.58 bits per heavy atom. The molecule has 0 atom stereocenters. The summed E-state index contributed by atoms with van der Waals surface area (Å²) >= 11 is 0. The SMILES string of the molecule is COCCNCC(=O)N(C)C1Cc2ccccc2C1. The van der Waals surface area contributed by atoms with Crippen LogP contribution in [-0.4, -0.2) is 50.7 Å². The van der Waals surface area contributed by atoms with E-state index in [1.807, 2.05) is 11.9 Å². The summed E-state index contributed by atoms with van der Waals surface area (Å²) in [5, 5.41) is 3.10. The van der Waals surface area contributed by atoms with Gasteiger partial charge in [-0.25, -0.2) is 0 Å². The smallest absolute Gasteiger partial charge is 0.236 e. The second-order valence-corrected chi connectivity index (χ2v) is 5.01. The van der Waals surface area contributed by atoms with Crippen molar-refractivity contribution in [1.82, 2.24) is 10.2 Å². The van der Waals surface area contributed by atoms with Gasteiger partial charge in [0.2, 0.25) is 5.91 Å². The fourth-order valence-electron chi connectivity index (χ4n) is 2.51. The number of fused-ring (bicyclic) bond motifs is 1. The first-order valence-electron chi connectivity index (χ1n) is 6.74. The van der Waals surface area contributed by atoms with Crippen LogP contribution in [0, 0.1) is 0 Å². The topological polar surface area (TPSA) is 41.6 Å². The van der Waals surface area contributed by atoms with Crippen molar-refractivity contribution in [3.8, 4) is 0 Å². The number of nitrogens with zero attached hydrogens (tertiary/aromatic N) is 1. The molecule has 0 bridgehead atoms. The molecule has 0 unspecified atom stereocenters. The number of ether oxygens (including phenoxy) is 1. The summed E-state index contributed by atoms with van der Waals surface area (Å²) in [7, 11) is 3.56. The van der Waals surface area contributed by atoms with Gasteiger partial charge in [-0.3, -0.25) is 4.79 Å². The predicted molar refractivity (Wildman–Crippen MR) is 75.2 cm³/mol. The summed E-state index contributed by atoms with van der Waals surface area (Å²) in [5.74, 6) is 0.147. The van der Waals surface area contributed by atoms with E-state index in [2.05, 4.69) is 29.6 Å². The number of likely N-dealkylation sites (N-methyl/N-ethyl adjacent to an activating group) is 1. The Bertz CT molecular complexity index is 409.